The molecule has 0 spiro atoms. The van der Waals surface area contributed by atoms with Gasteiger partial charge in [0.25, 0.3) is 11.8 Å². The molecule has 6 heteroatoms. The van der Waals surface area contributed by atoms with Crippen molar-refractivity contribution in [2.45, 2.75) is 25.6 Å². The maximum absolute atomic E-state index is 12.3. The maximum atomic E-state index is 12.3. The van der Waals surface area contributed by atoms with Crippen LogP contribution in [0.3, 0.4) is 0 Å². The van der Waals surface area contributed by atoms with Crippen molar-refractivity contribution in [3.63, 3.8) is 0 Å². The van der Waals surface area contributed by atoms with Crippen LogP contribution < -0.4 is 5.48 Å². The summed E-state index contributed by atoms with van der Waals surface area (Å²) in [5.74, 6) is -0.624. The molecule has 3 rings (SSSR count). The number of amides is 2. The minimum absolute atomic E-state index is 0.126. The molecule has 6 nitrogen and oxygen atoms in total. The van der Waals surface area contributed by atoms with Crippen molar-refractivity contribution in [1.82, 2.24) is 10.4 Å². The van der Waals surface area contributed by atoms with Gasteiger partial charge in [-0.05, 0) is 18.9 Å². The van der Waals surface area contributed by atoms with E-state index in [1.807, 2.05) is 12.1 Å². The Hall–Kier alpha value is -2.18. The number of carbonyl (C=O) groups excluding carboxylic acids is 2. The molecule has 2 aliphatic heterocycles. The number of rotatable bonds is 4. The largest absolute Gasteiger partial charge is 0.350 e. The van der Waals surface area contributed by atoms with Gasteiger partial charge in [-0.2, -0.15) is 0 Å². The number of carbonyl (C=O) groups is 2. The number of hydrogen-bond donors (Lipinski definition) is 1. The van der Waals surface area contributed by atoms with Crippen molar-refractivity contribution in [2.75, 3.05) is 13.2 Å². The summed E-state index contributed by atoms with van der Waals surface area (Å²) in [7, 11) is 0. The van der Waals surface area contributed by atoms with Crippen molar-refractivity contribution < 1.29 is 19.2 Å². The molecule has 0 aromatic heterocycles. The number of hydrogen-bond acceptors (Lipinski definition) is 4. The van der Waals surface area contributed by atoms with Crippen LogP contribution in [0, 0.1) is 0 Å². The van der Waals surface area contributed by atoms with Crippen molar-refractivity contribution in [1.29, 1.82) is 0 Å². The first kappa shape index (κ1) is 14.7. The van der Waals surface area contributed by atoms with Gasteiger partial charge in [-0.15, -0.1) is 0 Å². The van der Waals surface area contributed by atoms with Crippen LogP contribution in [0.1, 0.15) is 35.2 Å². The molecule has 1 aromatic rings. The molecule has 2 amide bonds. The lowest BCUT2D eigenvalue weighted by atomic mass is 10.1. The highest BCUT2D eigenvalue weighted by atomic mass is 16.8. The van der Waals surface area contributed by atoms with E-state index in [1.165, 1.54) is 4.90 Å². The van der Waals surface area contributed by atoms with Crippen LogP contribution in [0.5, 0.6) is 0 Å². The molecule has 0 unspecified atom stereocenters. The monoisotopic (exact) mass is 302 g/mol. The molecule has 1 saturated heterocycles. The van der Waals surface area contributed by atoms with E-state index >= 15 is 0 Å². The van der Waals surface area contributed by atoms with E-state index < -0.39 is 12.2 Å². The van der Waals surface area contributed by atoms with E-state index in [-0.39, 0.29) is 12.5 Å². The Morgan fingerprint density at radius 1 is 1.36 bits per heavy atom. The number of hydroxylamine groups is 1. The third-order valence-electron chi connectivity index (χ3n) is 3.78. The molecule has 0 bridgehead atoms. The van der Waals surface area contributed by atoms with Crippen LogP contribution in [0.25, 0.3) is 5.70 Å². The molecule has 1 N–H and O–H groups in total. The summed E-state index contributed by atoms with van der Waals surface area (Å²) in [6.45, 7) is 4.40. The minimum atomic E-state index is -0.410. The number of nitrogens with one attached hydrogen (secondary N) is 1. The highest BCUT2D eigenvalue weighted by Gasteiger charge is 2.32. The summed E-state index contributed by atoms with van der Waals surface area (Å²) in [4.78, 5) is 30.8. The Bertz CT molecular complexity index is 573. The van der Waals surface area contributed by atoms with Crippen LogP contribution in [-0.2, 0) is 14.4 Å². The van der Waals surface area contributed by atoms with Crippen LogP contribution in [0.2, 0.25) is 0 Å². The summed E-state index contributed by atoms with van der Waals surface area (Å²) in [6.07, 6.45) is 2.36. The molecule has 0 saturated carbocycles. The van der Waals surface area contributed by atoms with Crippen molar-refractivity contribution in [2.24, 2.45) is 0 Å². The van der Waals surface area contributed by atoms with Gasteiger partial charge in [-0.25, -0.2) is 10.3 Å². The topological polar surface area (TPSA) is 67.9 Å². The normalized spacial score (nSPS) is 20.9. The Morgan fingerprint density at radius 3 is 2.82 bits per heavy atom. The maximum Gasteiger partial charge on any atom is 0.263 e. The minimum Gasteiger partial charge on any atom is -0.350 e. The lowest BCUT2D eigenvalue weighted by Gasteiger charge is -2.23. The molecular weight excluding hydrogens is 284 g/mol. The molecule has 0 radical (unpaired) electrons. The average Bonchev–Trinajstić information content (AvgIpc) is 2.79. The zero-order valence-electron chi connectivity index (χ0n) is 12.2. The third-order valence-corrected chi connectivity index (χ3v) is 3.78. The van der Waals surface area contributed by atoms with E-state index in [1.54, 1.807) is 12.1 Å². The highest BCUT2D eigenvalue weighted by molar-refractivity contribution is 6.10. The van der Waals surface area contributed by atoms with E-state index in [2.05, 4.69) is 12.1 Å². The summed E-state index contributed by atoms with van der Waals surface area (Å²) in [6, 6.07) is 7.18. The lowest BCUT2D eigenvalue weighted by Crippen LogP contribution is -2.39. The Labute approximate surface area is 128 Å². The van der Waals surface area contributed by atoms with Gasteiger partial charge in [0, 0.05) is 29.9 Å². The molecule has 22 heavy (non-hydrogen) atoms. The van der Waals surface area contributed by atoms with E-state index in [9.17, 15) is 9.59 Å². The van der Waals surface area contributed by atoms with Gasteiger partial charge in [-0.3, -0.25) is 14.5 Å². The molecule has 1 atom stereocenters. The summed E-state index contributed by atoms with van der Waals surface area (Å²) >= 11 is 0. The molecule has 1 fully saturated rings. The van der Waals surface area contributed by atoms with Crippen LogP contribution in [0.15, 0.2) is 30.8 Å². The second-order valence-electron chi connectivity index (χ2n) is 5.32. The first-order valence-corrected chi connectivity index (χ1v) is 7.33. The van der Waals surface area contributed by atoms with E-state index in [0.717, 1.165) is 24.8 Å². The molecular formula is C16H18N2O4. The molecule has 2 aliphatic rings. The molecule has 2 heterocycles. The van der Waals surface area contributed by atoms with Crippen molar-refractivity contribution in [3.8, 4) is 0 Å². The Kier molecular flexibility index (Phi) is 4.22. The van der Waals surface area contributed by atoms with Crippen LogP contribution >= 0.6 is 0 Å². The van der Waals surface area contributed by atoms with Gasteiger partial charge < -0.3 is 4.74 Å². The fourth-order valence-electron chi connectivity index (χ4n) is 2.61. The zero-order chi connectivity index (χ0) is 15.5. The van der Waals surface area contributed by atoms with Gasteiger partial charge in [-0.1, -0.05) is 24.8 Å². The van der Waals surface area contributed by atoms with Gasteiger partial charge in [0.05, 0.1) is 0 Å². The lowest BCUT2D eigenvalue weighted by molar-refractivity contribution is -0.200. The fourth-order valence-corrected chi connectivity index (χ4v) is 2.61. The standard InChI is InChI=1S/C16H18N2O4/c1-11-12-6-2-3-7-13(12)16(20)18(11)10-14(19)17-22-15-8-4-5-9-21-15/h2-3,6-7,15H,1,4-5,8-10H2,(H,17,19)/t15-/m1/s1. The average molecular weight is 302 g/mol. The van der Waals surface area contributed by atoms with Crippen LogP contribution in [0.4, 0.5) is 0 Å². The smallest absolute Gasteiger partial charge is 0.263 e. The highest BCUT2D eigenvalue weighted by Crippen LogP contribution is 2.30. The molecule has 1 aromatic carbocycles. The predicted molar refractivity (Wildman–Crippen MR) is 79.3 cm³/mol. The number of nitrogens with zero attached hydrogens (tertiary/aromatic N) is 1. The van der Waals surface area contributed by atoms with Gasteiger partial charge >= 0.3 is 0 Å². The first-order chi connectivity index (χ1) is 10.7. The Balaban J connectivity index is 1.56. The number of benzene rings is 1. The van der Waals surface area contributed by atoms with Gasteiger partial charge in [0.2, 0.25) is 0 Å². The third kappa shape index (κ3) is 2.88. The van der Waals surface area contributed by atoms with Gasteiger partial charge in [0.1, 0.15) is 6.54 Å². The number of ether oxygens (including phenoxy) is 1. The first-order valence-electron chi connectivity index (χ1n) is 7.33. The van der Waals surface area contributed by atoms with E-state index in [0.29, 0.717) is 17.9 Å². The Morgan fingerprint density at radius 2 is 2.14 bits per heavy atom. The summed E-state index contributed by atoms with van der Waals surface area (Å²) in [5, 5.41) is 0. The second kappa shape index (κ2) is 6.29. The van der Waals surface area contributed by atoms with E-state index in [4.69, 9.17) is 9.57 Å². The second-order valence-corrected chi connectivity index (χ2v) is 5.32. The SMILES string of the molecule is C=C1c2ccccc2C(=O)N1CC(=O)NO[C@@H]1CCCCO1. The predicted octanol–water partition coefficient (Wildman–Crippen LogP) is 1.69. The number of fused-ring (bicyclic) bond motifs is 1. The summed E-state index contributed by atoms with van der Waals surface area (Å²) < 4.78 is 5.36. The fraction of sp³-hybridized carbons (Fsp3) is 0.375. The zero-order valence-corrected chi connectivity index (χ0v) is 12.2. The van der Waals surface area contributed by atoms with Crippen molar-refractivity contribution >= 4 is 17.5 Å². The quantitative estimate of drug-likeness (QED) is 0.859. The van der Waals surface area contributed by atoms with Crippen LogP contribution in [-0.4, -0.2) is 36.2 Å². The van der Waals surface area contributed by atoms with Gasteiger partial charge in [0.15, 0.2) is 6.29 Å². The van der Waals surface area contributed by atoms with Crippen molar-refractivity contribution in [3.05, 3.63) is 42.0 Å². The summed E-state index contributed by atoms with van der Waals surface area (Å²) in [5.41, 5.74) is 4.21. The molecule has 116 valence electrons. The molecule has 0 aliphatic carbocycles.